The molecule has 34 heavy (non-hydrogen) atoms. The van der Waals surface area contributed by atoms with Crippen LogP contribution in [0.1, 0.15) is 49.0 Å². The Labute approximate surface area is 193 Å². The molecule has 12 heteroatoms. The number of nitrogens with zero attached hydrogens (tertiary/aromatic N) is 2. The normalized spacial score (nSPS) is 22.1. The zero-order valence-corrected chi connectivity index (χ0v) is 19.1. The number of rotatable bonds is 6. The summed E-state index contributed by atoms with van der Waals surface area (Å²) in [7, 11) is 2.61. The summed E-state index contributed by atoms with van der Waals surface area (Å²) in [6, 6.07) is 4.03. The molecule has 1 aromatic carbocycles. The highest BCUT2D eigenvalue weighted by molar-refractivity contribution is 5.95. The Balaban J connectivity index is 1.79. The predicted octanol–water partition coefficient (Wildman–Crippen LogP) is 5.23. The molecule has 0 bridgehead atoms. The van der Waals surface area contributed by atoms with E-state index in [1.54, 1.807) is 0 Å². The van der Waals surface area contributed by atoms with Crippen molar-refractivity contribution in [3.63, 3.8) is 0 Å². The summed E-state index contributed by atoms with van der Waals surface area (Å²) in [6.07, 6.45) is -5.60. The summed E-state index contributed by atoms with van der Waals surface area (Å²) in [4.78, 5) is 20.1. The molecule has 186 valence electrons. The largest absolute Gasteiger partial charge is 0.495 e. The van der Waals surface area contributed by atoms with Crippen molar-refractivity contribution in [3.8, 4) is 5.75 Å². The minimum absolute atomic E-state index is 0.0145. The first kappa shape index (κ1) is 25.4. The number of carbonyl (C=O) groups is 1. The number of benzene rings is 1. The average Bonchev–Trinajstić information content (AvgIpc) is 2.76. The number of nitrogens with one attached hydrogen (secondary N) is 3. The SMILES string of the molecule is CNc1nc(Nc2ccc(C(=O)NC3(F)CCC(C)(C)CC3F)cc2OC)ncc1C(F)(F)F. The van der Waals surface area contributed by atoms with E-state index in [0.29, 0.717) is 12.6 Å². The predicted molar refractivity (Wildman–Crippen MR) is 117 cm³/mol. The van der Waals surface area contributed by atoms with Crippen LogP contribution in [0.4, 0.5) is 39.4 Å². The molecular formula is C22H26F5N5O2. The summed E-state index contributed by atoms with van der Waals surface area (Å²) >= 11 is 0. The van der Waals surface area contributed by atoms with Gasteiger partial charge in [0.25, 0.3) is 5.91 Å². The van der Waals surface area contributed by atoms with Crippen LogP contribution in [0, 0.1) is 5.41 Å². The van der Waals surface area contributed by atoms with Crippen molar-refractivity contribution in [1.29, 1.82) is 0 Å². The minimum atomic E-state index is -4.63. The van der Waals surface area contributed by atoms with Crippen molar-refractivity contribution in [1.82, 2.24) is 15.3 Å². The van der Waals surface area contributed by atoms with Crippen LogP contribution in [0.25, 0.3) is 0 Å². The van der Waals surface area contributed by atoms with Crippen LogP contribution in [0.3, 0.4) is 0 Å². The Morgan fingerprint density at radius 1 is 1.24 bits per heavy atom. The Bertz CT molecular complexity index is 1060. The van der Waals surface area contributed by atoms with Crippen molar-refractivity contribution in [2.45, 2.75) is 51.3 Å². The molecule has 0 saturated heterocycles. The lowest BCUT2D eigenvalue weighted by Gasteiger charge is -2.41. The molecule has 3 rings (SSSR count). The number of hydrogen-bond donors (Lipinski definition) is 3. The van der Waals surface area contributed by atoms with E-state index in [9.17, 15) is 22.4 Å². The van der Waals surface area contributed by atoms with Gasteiger partial charge >= 0.3 is 6.18 Å². The van der Waals surface area contributed by atoms with E-state index in [1.165, 1.54) is 32.4 Å². The number of methoxy groups -OCH3 is 1. The molecule has 1 saturated carbocycles. The van der Waals surface area contributed by atoms with Gasteiger partial charge in [0, 0.05) is 25.2 Å². The number of halogens is 5. The number of carbonyl (C=O) groups excluding carboxylic acids is 1. The highest BCUT2D eigenvalue weighted by atomic mass is 19.4. The molecule has 0 radical (unpaired) electrons. The third-order valence-electron chi connectivity index (χ3n) is 5.76. The van der Waals surface area contributed by atoms with Gasteiger partial charge in [-0.3, -0.25) is 4.79 Å². The Morgan fingerprint density at radius 3 is 2.53 bits per heavy atom. The number of ether oxygens (including phenoxy) is 1. The molecule has 3 N–H and O–H groups in total. The molecule has 1 aliphatic carbocycles. The van der Waals surface area contributed by atoms with Crippen LogP contribution in [0.15, 0.2) is 24.4 Å². The van der Waals surface area contributed by atoms with Crippen LogP contribution >= 0.6 is 0 Å². The van der Waals surface area contributed by atoms with Crippen molar-refractivity contribution in [2.24, 2.45) is 5.41 Å². The van der Waals surface area contributed by atoms with E-state index in [0.717, 1.165) is 0 Å². The Hall–Kier alpha value is -3.18. The van der Waals surface area contributed by atoms with Crippen molar-refractivity contribution in [2.75, 3.05) is 24.8 Å². The molecule has 2 atom stereocenters. The molecule has 2 aromatic rings. The molecule has 2 unspecified atom stereocenters. The molecule has 0 aliphatic heterocycles. The van der Waals surface area contributed by atoms with E-state index < -0.39 is 35.4 Å². The average molecular weight is 487 g/mol. The van der Waals surface area contributed by atoms with Gasteiger partial charge in [0.2, 0.25) is 11.7 Å². The van der Waals surface area contributed by atoms with E-state index in [1.807, 2.05) is 13.8 Å². The third-order valence-corrected chi connectivity index (χ3v) is 5.76. The van der Waals surface area contributed by atoms with Crippen molar-refractivity contribution >= 4 is 23.4 Å². The number of aromatic nitrogens is 2. The second kappa shape index (κ2) is 9.22. The molecule has 1 amide bonds. The van der Waals surface area contributed by atoms with Gasteiger partial charge in [-0.15, -0.1) is 0 Å². The molecule has 7 nitrogen and oxygen atoms in total. The maximum absolute atomic E-state index is 15.1. The lowest BCUT2D eigenvalue weighted by atomic mass is 9.73. The van der Waals surface area contributed by atoms with E-state index in [2.05, 4.69) is 25.9 Å². The molecule has 1 heterocycles. The minimum Gasteiger partial charge on any atom is -0.495 e. The second-order valence-electron chi connectivity index (χ2n) is 8.90. The summed E-state index contributed by atoms with van der Waals surface area (Å²) in [5, 5.41) is 7.26. The number of anilines is 3. The lowest BCUT2D eigenvalue weighted by Crippen LogP contribution is -2.55. The van der Waals surface area contributed by atoms with Crippen LogP contribution in [-0.2, 0) is 6.18 Å². The Kier molecular flexibility index (Phi) is 6.90. The van der Waals surface area contributed by atoms with Crippen LogP contribution in [-0.4, -0.2) is 42.0 Å². The number of hydrogen-bond acceptors (Lipinski definition) is 6. The van der Waals surface area contributed by atoms with Gasteiger partial charge in [-0.25, -0.2) is 13.8 Å². The highest BCUT2D eigenvalue weighted by Crippen LogP contribution is 2.43. The van der Waals surface area contributed by atoms with Crippen molar-refractivity contribution in [3.05, 3.63) is 35.5 Å². The van der Waals surface area contributed by atoms with Gasteiger partial charge in [-0.05, 0) is 36.5 Å². The number of amides is 1. The fourth-order valence-electron chi connectivity index (χ4n) is 3.72. The van der Waals surface area contributed by atoms with E-state index in [-0.39, 0.29) is 41.2 Å². The van der Waals surface area contributed by atoms with E-state index in [4.69, 9.17) is 4.74 Å². The first-order valence-electron chi connectivity index (χ1n) is 10.5. The Morgan fingerprint density at radius 2 is 1.94 bits per heavy atom. The topological polar surface area (TPSA) is 88.2 Å². The standard InChI is InChI=1S/C22H26F5N5O2/c1-20(2)7-8-21(24,16(23)10-20)32-18(33)12-5-6-14(15(9-12)34-4)30-19-29-11-13(22(25,26)27)17(28-3)31-19/h5-6,9,11,16H,7-8,10H2,1-4H3,(H,32,33)(H2,28,29,30,31). The summed E-state index contributed by atoms with van der Waals surface area (Å²) in [5.41, 5.74) is -1.12. The molecular weight excluding hydrogens is 461 g/mol. The van der Waals surface area contributed by atoms with E-state index >= 15 is 4.39 Å². The molecule has 1 fully saturated rings. The first-order valence-corrected chi connectivity index (χ1v) is 10.5. The fourth-order valence-corrected chi connectivity index (χ4v) is 3.72. The maximum Gasteiger partial charge on any atom is 0.421 e. The third kappa shape index (κ3) is 5.48. The molecule has 1 aromatic heterocycles. The first-order chi connectivity index (χ1) is 15.8. The van der Waals surface area contributed by atoms with Gasteiger partial charge < -0.3 is 20.7 Å². The zero-order valence-electron chi connectivity index (χ0n) is 19.1. The molecule has 1 aliphatic rings. The smallest absolute Gasteiger partial charge is 0.421 e. The summed E-state index contributed by atoms with van der Waals surface area (Å²) in [6.45, 7) is 3.69. The van der Waals surface area contributed by atoms with Crippen LogP contribution < -0.4 is 20.7 Å². The molecule has 0 spiro atoms. The van der Waals surface area contributed by atoms with Crippen molar-refractivity contribution < 1.29 is 31.5 Å². The number of alkyl halides is 5. The summed E-state index contributed by atoms with van der Waals surface area (Å²) in [5.74, 6) is -3.76. The monoisotopic (exact) mass is 487 g/mol. The fraction of sp³-hybridized carbons (Fsp3) is 0.500. The van der Waals surface area contributed by atoms with Gasteiger partial charge in [0.1, 0.15) is 17.1 Å². The van der Waals surface area contributed by atoms with Gasteiger partial charge in [0.05, 0.1) is 12.8 Å². The van der Waals surface area contributed by atoms with Gasteiger partial charge in [0.15, 0.2) is 6.17 Å². The summed E-state index contributed by atoms with van der Waals surface area (Å²) < 4.78 is 74.0. The van der Waals surface area contributed by atoms with Gasteiger partial charge in [-0.1, -0.05) is 13.8 Å². The lowest BCUT2D eigenvalue weighted by molar-refractivity contribution is -0.137. The van der Waals surface area contributed by atoms with Crippen LogP contribution in [0.2, 0.25) is 0 Å². The second-order valence-corrected chi connectivity index (χ2v) is 8.90. The highest BCUT2D eigenvalue weighted by Gasteiger charge is 2.48. The van der Waals surface area contributed by atoms with Crippen LogP contribution in [0.5, 0.6) is 5.75 Å². The zero-order chi connectivity index (χ0) is 25.3. The quantitative estimate of drug-likeness (QED) is 0.382. The van der Waals surface area contributed by atoms with Gasteiger partial charge in [-0.2, -0.15) is 18.2 Å². The maximum atomic E-state index is 15.1.